The van der Waals surface area contributed by atoms with E-state index in [2.05, 4.69) is 16.0 Å². The minimum Gasteiger partial charge on any atom is -0.462 e. The van der Waals surface area contributed by atoms with Gasteiger partial charge in [0, 0.05) is 0 Å². The quantitative estimate of drug-likeness (QED) is 0.533. The van der Waals surface area contributed by atoms with Crippen LogP contribution in [-0.4, -0.2) is 31.1 Å². The lowest BCUT2D eigenvalue weighted by molar-refractivity contribution is -0.170. The molecule has 1 atom stereocenters. The highest BCUT2D eigenvalue weighted by Crippen LogP contribution is 2.14. The molecule has 0 aliphatic carbocycles. The first-order valence-electron chi connectivity index (χ1n) is 4.18. The van der Waals surface area contributed by atoms with Gasteiger partial charge in [-0.2, -0.15) is 8.78 Å². The monoisotopic (exact) mass is 205 g/mol. The number of esters is 1. The minimum absolute atomic E-state index is 0.0703. The van der Waals surface area contributed by atoms with Crippen LogP contribution in [0.25, 0.3) is 0 Å². The van der Waals surface area contributed by atoms with Crippen LogP contribution in [-0.2, 0) is 9.53 Å². The Kier molecular flexibility index (Phi) is 5.10. The fourth-order valence-corrected chi connectivity index (χ4v) is 0.649. The van der Waals surface area contributed by atoms with Crippen LogP contribution >= 0.6 is 0 Å². The first-order valence-corrected chi connectivity index (χ1v) is 4.18. The summed E-state index contributed by atoms with van der Waals surface area (Å²) in [5.41, 5.74) is 0. The molecule has 0 saturated carbocycles. The van der Waals surface area contributed by atoms with Crippen molar-refractivity contribution in [3.63, 3.8) is 0 Å². The van der Waals surface area contributed by atoms with Gasteiger partial charge >= 0.3 is 11.9 Å². The van der Waals surface area contributed by atoms with Crippen molar-refractivity contribution in [2.75, 3.05) is 13.2 Å². The Bertz CT molecular complexity index is 235. The third kappa shape index (κ3) is 4.19. The topological polar surface area (TPSA) is 38.3 Å². The van der Waals surface area contributed by atoms with Crippen LogP contribution < -0.4 is 5.32 Å². The second kappa shape index (κ2) is 5.55. The SMILES string of the molecule is C#CC(C)NCC(F)(F)C(=O)OCC. The standard InChI is InChI=1S/C9H13F2NO2/c1-4-7(3)12-6-9(10,11)8(13)14-5-2/h1,7,12H,5-6H2,2-3H3. The molecule has 1 unspecified atom stereocenters. The van der Waals surface area contributed by atoms with E-state index in [0.29, 0.717) is 0 Å². The highest BCUT2D eigenvalue weighted by atomic mass is 19.3. The van der Waals surface area contributed by atoms with Crippen LogP contribution in [0.2, 0.25) is 0 Å². The van der Waals surface area contributed by atoms with Gasteiger partial charge in [0.2, 0.25) is 0 Å². The summed E-state index contributed by atoms with van der Waals surface area (Å²) >= 11 is 0. The zero-order valence-electron chi connectivity index (χ0n) is 8.14. The van der Waals surface area contributed by atoms with Gasteiger partial charge in [0.05, 0.1) is 19.2 Å². The van der Waals surface area contributed by atoms with Crippen LogP contribution in [0.3, 0.4) is 0 Å². The van der Waals surface area contributed by atoms with Crippen LogP contribution in [0.5, 0.6) is 0 Å². The molecule has 0 saturated heterocycles. The van der Waals surface area contributed by atoms with E-state index in [0.717, 1.165) is 0 Å². The summed E-state index contributed by atoms with van der Waals surface area (Å²) in [7, 11) is 0. The summed E-state index contributed by atoms with van der Waals surface area (Å²) < 4.78 is 30.0. The Morgan fingerprint density at radius 3 is 2.71 bits per heavy atom. The van der Waals surface area contributed by atoms with Gasteiger partial charge in [-0.3, -0.25) is 5.32 Å². The summed E-state index contributed by atoms with van der Waals surface area (Å²) in [6.45, 7) is 2.13. The zero-order chi connectivity index (χ0) is 11.2. The second-order valence-corrected chi connectivity index (χ2v) is 2.69. The van der Waals surface area contributed by atoms with Crippen molar-refractivity contribution in [2.24, 2.45) is 0 Å². The summed E-state index contributed by atoms with van der Waals surface area (Å²) in [5, 5.41) is 2.32. The van der Waals surface area contributed by atoms with Crippen LogP contribution in [0.15, 0.2) is 0 Å². The summed E-state index contributed by atoms with van der Waals surface area (Å²) in [5.74, 6) is -2.85. The molecule has 3 nitrogen and oxygen atoms in total. The van der Waals surface area contributed by atoms with Crippen molar-refractivity contribution >= 4 is 5.97 Å². The predicted octanol–water partition coefficient (Wildman–Crippen LogP) is 0.796. The van der Waals surface area contributed by atoms with E-state index in [9.17, 15) is 13.6 Å². The third-order valence-corrected chi connectivity index (χ3v) is 1.45. The highest BCUT2D eigenvalue weighted by Gasteiger charge is 2.40. The van der Waals surface area contributed by atoms with E-state index < -0.39 is 24.5 Å². The van der Waals surface area contributed by atoms with Crippen LogP contribution in [0.4, 0.5) is 8.78 Å². The number of alkyl halides is 2. The molecule has 0 amide bonds. The van der Waals surface area contributed by atoms with Gasteiger partial charge < -0.3 is 4.74 Å². The van der Waals surface area contributed by atoms with E-state index in [1.807, 2.05) is 0 Å². The van der Waals surface area contributed by atoms with Gasteiger partial charge in [0.1, 0.15) is 0 Å². The second-order valence-electron chi connectivity index (χ2n) is 2.69. The smallest absolute Gasteiger partial charge is 0.378 e. The molecule has 0 aliphatic heterocycles. The molecular weight excluding hydrogens is 192 g/mol. The van der Waals surface area contributed by atoms with Crippen molar-refractivity contribution in [1.29, 1.82) is 0 Å². The van der Waals surface area contributed by atoms with Crippen LogP contribution in [0.1, 0.15) is 13.8 Å². The lowest BCUT2D eigenvalue weighted by atomic mass is 10.3. The molecule has 0 aliphatic rings. The molecule has 14 heavy (non-hydrogen) atoms. The number of carbonyl (C=O) groups is 1. The number of nitrogens with one attached hydrogen (secondary N) is 1. The number of terminal acetylenes is 1. The van der Waals surface area contributed by atoms with E-state index in [4.69, 9.17) is 6.42 Å². The van der Waals surface area contributed by atoms with Crippen LogP contribution in [0, 0.1) is 12.3 Å². The molecule has 0 bridgehead atoms. The predicted molar refractivity (Wildman–Crippen MR) is 47.9 cm³/mol. The Morgan fingerprint density at radius 1 is 1.71 bits per heavy atom. The maximum absolute atomic E-state index is 12.9. The van der Waals surface area contributed by atoms with Gasteiger partial charge in [-0.15, -0.1) is 6.42 Å². The molecular formula is C9H13F2NO2. The lowest BCUT2D eigenvalue weighted by Crippen LogP contribution is -2.43. The third-order valence-electron chi connectivity index (χ3n) is 1.45. The molecule has 5 heteroatoms. The molecule has 0 radical (unpaired) electrons. The Morgan fingerprint density at radius 2 is 2.29 bits per heavy atom. The summed E-state index contributed by atoms with van der Waals surface area (Å²) in [6.07, 6.45) is 4.96. The Balaban J connectivity index is 4.07. The molecule has 0 aromatic rings. The minimum atomic E-state index is -3.53. The molecule has 0 rings (SSSR count). The number of rotatable bonds is 5. The van der Waals surface area contributed by atoms with Crippen molar-refractivity contribution in [3.05, 3.63) is 0 Å². The first kappa shape index (κ1) is 12.8. The average molecular weight is 205 g/mol. The van der Waals surface area contributed by atoms with Crippen molar-refractivity contribution in [1.82, 2.24) is 5.32 Å². The van der Waals surface area contributed by atoms with Gasteiger partial charge in [0.15, 0.2) is 0 Å². The van der Waals surface area contributed by atoms with Gasteiger partial charge in [0.25, 0.3) is 0 Å². The van der Waals surface area contributed by atoms with Crippen molar-refractivity contribution in [3.8, 4) is 12.3 Å². The molecule has 0 spiro atoms. The van der Waals surface area contributed by atoms with Gasteiger partial charge in [-0.25, -0.2) is 4.79 Å². The van der Waals surface area contributed by atoms with E-state index in [-0.39, 0.29) is 6.61 Å². The molecule has 0 heterocycles. The largest absolute Gasteiger partial charge is 0.462 e. The molecule has 0 aromatic heterocycles. The number of halogens is 2. The van der Waals surface area contributed by atoms with Crippen molar-refractivity contribution < 1.29 is 18.3 Å². The molecule has 1 N–H and O–H groups in total. The fourth-order valence-electron chi connectivity index (χ4n) is 0.649. The van der Waals surface area contributed by atoms with Crippen molar-refractivity contribution in [2.45, 2.75) is 25.8 Å². The molecule has 0 aromatic carbocycles. The maximum atomic E-state index is 12.9. The highest BCUT2D eigenvalue weighted by molar-refractivity contribution is 5.77. The summed E-state index contributed by atoms with van der Waals surface area (Å²) in [4.78, 5) is 10.7. The van der Waals surface area contributed by atoms with E-state index in [1.54, 1.807) is 6.92 Å². The lowest BCUT2D eigenvalue weighted by Gasteiger charge is -2.16. The molecule has 80 valence electrons. The van der Waals surface area contributed by atoms with Gasteiger partial charge in [-0.05, 0) is 13.8 Å². The fraction of sp³-hybridized carbons (Fsp3) is 0.667. The number of hydrogen-bond acceptors (Lipinski definition) is 3. The Hall–Kier alpha value is -1.15. The number of ether oxygens (including phenoxy) is 1. The number of hydrogen-bond donors (Lipinski definition) is 1. The summed E-state index contributed by atoms with van der Waals surface area (Å²) in [6, 6.07) is -0.504. The normalized spacial score (nSPS) is 13.1. The number of carbonyl (C=O) groups excluding carboxylic acids is 1. The Labute approximate surface area is 81.8 Å². The van der Waals surface area contributed by atoms with E-state index in [1.165, 1.54) is 6.92 Å². The maximum Gasteiger partial charge on any atom is 0.378 e. The van der Waals surface area contributed by atoms with E-state index >= 15 is 0 Å². The first-order chi connectivity index (χ1) is 6.44. The average Bonchev–Trinajstić information content (AvgIpc) is 2.14. The van der Waals surface area contributed by atoms with Gasteiger partial charge in [-0.1, -0.05) is 5.92 Å². The zero-order valence-corrected chi connectivity index (χ0v) is 8.14. The molecule has 0 fully saturated rings.